The molecular formula is C31H26BrClN4O2. The van der Waals surface area contributed by atoms with Crippen LogP contribution in [0.25, 0.3) is 16.6 Å². The third kappa shape index (κ3) is 5.90. The van der Waals surface area contributed by atoms with Crippen molar-refractivity contribution in [2.45, 2.75) is 25.9 Å². The minimum Gasteiger partial charge on any atom is -0.310 e. The molecule has 1 atom stereocenters. The molecule has 1 heterocycles. The van der Waals surface area contributed by atoms with Crippen molar-refractivity contribution in [2.24, 2.45) is 0 Å². The lowest BCUT2D eigenvalue weighted by atomic mass is 10.1. The number of rotatable bonds is 7. The largest absolute Gasteiger partial charge is 0.322 e. The molecule has 1 unspecified atom stereocenters. The molecule has 4 aromatic carbocycles. The van der Waals surface area contributed by atoms with E-state index in [1.807, 2.05) is 79.7 Å². The van der Waals surface area contributed by atoms with Gasteiger partial charge in [0, 0.05) is 21.7 Å². The normalized spacial score (nSPS) is 11.8. The van der Waals surface area contributed by atoms with Crippen LogP contribution in [0.4, 0.5) is 10.5 Å². The Kier molecular flexibility index (Phi) is 8.10. The molecule has 2 amide bonds. The molecule has 1 N–H and O–H groups in total. The highest BCUT2D eigenvalue weighted by molar-refractivity contribution is 9.10. The predicted molar refractivity (Wildman–Crippen MR) is 161 cm³/mol. The maximum Gasteiger partial charge on any atom is 0.322 e. The summed E-state index contributed by atoms with van der Waals surface area (Å²) in [4.78, 5) is 34.5. The van der Waals surface area contributed by atoms with E-state index < -0.39 is 6.04 Å². The number of benzene rings is 4. The fourth-order valence-electron chi connectivity index (χ4n) is 4.59. The van der Waals surface area contributed by atoms with Gasteiger partial charge in [0.15, 0.2) is 0 Å². The van der Waals surface area contributed by atoms with E-state index >= 15 is 0 Å². The monoisotopic (exact) mass is 600 g/mol. The van der Waals surface area contributed by atoms with Crippen LogP contribution in [0.1, 0.15) is 30.8 Å². The summed E-state index contributed by atoms with van der Waals surface area (Å²) in [5, 5.41) is 4.10. The van der Waals surface area contributed by atoms with Gasteiger partial charge in [-0.3, -0.25) is 9.36 Å². The van der Waals surface area contributed by atoms with Gasteiger partial charge >= 0.3 is 6.03 Å². The van der Waals surface area contributed by atoms with Crippen molar-refractivity contribution in [2.75, 3.05) is 5.32 Å². The molecule has 6 nitrogen and oxygen atoms in total. The van der Waals surface area contributed by atoms with E-state index in [2.05, 4.69) is 21.2 Å². The van der Waals surface area contributed by atoms with Crippen LogP contribution < -0.4 is 10.9 Å². The lowest BCUT2D eigenvalue weighted by molar-refractivity contribution is 0.177. The van der Waals surface area contributed by atoms with Crippen molar-refractivity contribution in [3.8, 4) is 5.69 Å². The van der Waals surface area contributed by atoms with Crippen LogP contribution in [-0.4, -0.2) is 20.5 Å². The Balaban J connectivity index is 1.67. The molecule has 8 heteroatoms. The molecule has 0 aliphatic carbocycles. The Hall–Kier alpha value is -3.94. The number of hydrogen-bond acceptors (Lipinski definition) is 3. The van der Waals surface area contributed by atoms with Gasteiger partial charge in [-0.2, -0.15) is 0 Å². The molecule has 0 aliphatic heterocycles. The number of carbonyl (C=O) groups is 1. The van der Waals surface area contributed by atoms with Crippen molar-refractivity contribution in [3.63, 3.8) is 0 Å². The Morgan fingerprint density at radius 1 is 0.949 bits per heavy atom. The molecule has 0 radical (unpaired) electrons. The lowest BCUT2D eigenvalue weighted by Crippen LogP contribution is -2.40. The second kappa shape index (κ2) is 11.8. The highest BCUT2D eigenvalue weighted by Crippen LogP contribution is 2.29. The van der Waals surface area contributed by atoms with Crippen molar-refractivity contribution in [3.05, 3.63) is 134 Å². The molecule has 0 spiro atoms. The van der Waals surface area contributed by atoms with E-state index in [4.69, 9.17) is 16.6 Å². The number of aromatic nitrogens is 2. The number of carbonyl (C=O) groups excluding carboxylic acids is 1. The fourth-order valence-corrected chi connectivity index (χ4v) is 4.98. The van der Waals surface area contributed by atoms with Crippen LogP contribution in [0, 0.1) is 0 Å². The highest BCUT2D eigenvalue weighted by atomic mass is 79.9. The van der Waals surface area contributed by atoms with Crippen molar-refractivity contribution in [1.29, 1.82) is 0 Å². The van der Waals surface area contributed by atoms with Gasteiger partial charge in [0.25, 0.3) is 5.56 Å². The first-order valence-electron chi connectivity index (χ1n) is 12.6. The number of nitrogens with one attached hydrogen (secondary N) is 1. The molecule has 0 saturated carbocycles. The fraction of sp³-hybridized carbons (Fsp3) is 0.129. The zero-order chi connectivity index (χ0) is 27.4. The van der Waals surface area contributed by atoms with E-state index in [-0.39, 0.29) is 11.6 Å². The zero-order valence-corrected chi connectivity index (χ0v) is 23.6. The Labute approximate surface area is 240 Å². The molecule has 39 heavy (non-hydrogen) atoms. The van der Waals surface area contributed by atoms with Crippen LogP contribution in [0.15, 0.2) is 112 Å². The molecule has 0 bridgehead atoms. The molecule has 1 aromatic heterocycles. The van der Waals surface area contributed by atoms with Gasteiger partial charge in [0.1, 0.15) is 5.82 Å². The van der Waals surface area contributed by atoms with E-state index in [0.717, 1.165) is 10.0 Å². The number of fused-ring (bicyclic) bond motifs is 1. The Bertz CT molecular complexity index is 1660. The summed E-state index contributed by atoms with van der Waals surface area (Å²) in [5.74, 6) is 0.491. The average Bonchev–Trinajstić information content (AvgIpc) is 2.95. The van der Waals surface area contributed by atoms with Crippen molar-refractivity contribution >= 4 is 50.2 Å². The molecular weight excluding hydrogens is 576 g/mol. The first-order valence-corrected chi connectivity index (χ1v) is 13.8. The highest BCUT2D eigenvalue weighted by Gasteiger charge is 2.29. The van der Waals surface area contributed by atoms with Gasteiger partial charge in [-0.25, -0.2) is 9.78 Å². The first-order chi connectivity index (χ1) is 18.9. The zero-order valence-electron chi connectivity index (χ0n) is 21.2. The molecule has 196 valence electrons. The third-order valence-corrected chi connectivity index (χ3v) is 7.28. The SMILES string of the molecule is CCC(c1nc2ccccc2c(=O)n1-c1ccc(Br)cc1)N(Cc1ccccc1)C(=O)Nc1ccc(Cl)cc1. The Morgan fingerprint density at radius 3 is 2.31 bits per heavy atom. The smallest absolute Gasteiger partial charge is 0.310 e. The number of nitrogens with zero attached hydrogens (tertiary/aromatic N) is 3. The van der Waals surface area contributed by atoms with E-state index in [0.29, 0.717) is 46.1 Å². The predicted octanol–water partition coefficient (Wildman–Crippen LogP) is 7.99. The van der Waals surface area contributed by atoms with Crippen LogP contribution in [0.5, 0.6) is 0 Å². The number of amides is 2. The quantitative estimate of drug-likeness (QED) is 0.206. The van der Waals surface area contributed by atoms with E-state index in [1.165, 1.54) is 0 Å². The lowest BCUT2D eigenvalue weighted by Gasteiger charge is -2.32. The second-order valence-electron chi connectivity index (χ2n) is 9.08. The van der Waals surface area contributed by atoms with Crippen LogP contribution in [0.3, 0.4) is 0 Å². The summed E-state index contributed by atoms with van der Waals surface area (Å²) in [6.45, 7) is 2.31. The number of anilines is 1. The minimum atomic E-state index is -0.515. The molecule has 0 aliphatic rings. The summed E-state index contributed by atoms with van der Waals surface area (Å²) in [7, 11) is 0. The Morgan fingerprint density at radius 2 is 1.62 bits per heavy atom. The average molecular weight is 602 g/mol. The van der Waals surface area contributed by atoms with Crippen LogP contribution in [-0.2, 0) is 6.54 Å². The molecule has 0 saturated heterocycles. The second-order valence-corrected chi connectivity index (χ2v) is 10.4. The number of hydrogen-bond donors (Lipinski definition) is 1. The van der Waals surface area contributed by atoms with Gasteiger partial charge < -0.3 is 10.2 Å². The van der Waals surface area contributed by atoms with Gasteiger partial charge in [0.2, 0.25) is 0 Å². The molecule has 5 rings (SSSR count). The maximum atomic E-state index is 13.9. The van der Waals surface area contributed by atoms with Gasteiger partial charge in [-0.1, -0.05) is 76.9 Å². The van der Waals surface area contributed by atoms with Crippen molar-refractivity contribution < 1.29 is 4.79 Å². The molecule has 5 aromatic rings. The summed E-state index contributed by atoms with van der Waals surface area (Å²) in [6, 6.07) is 30.7. The number of para-hydroxylation sites is 1. The summed E-state index contributed by atoms with van der Waals surface area (Å²) < 4.78 is 2.52. The number of halogens is 2. The molecule has 0 fully saturated rings. The maximum absolute atomic E-state index is 13.9. The van der Waals surface area contributed by atoms with Crippen LogP contribution >= 0.6 is 27.5 Å². The van der Waals surface area contributed by atoms with Gasteiger partial charge in [0.05, 0.1) is 22.6 Å². The number of urea groups is 1. The van der Waals surface area contributed by atoms with Crippen molar-refractivity contribution in [1.82, 2.24) is 14.5 Å². The first kappa shape index (κ1) is 26.7. The van der Waals surface area contributed by atoms with Gasteiger partial charge in [-0.05, 0) is 72.6 Å². The van der Waals surface area contributed by atoms with E-state index in [9.17, 15) is 9.59 Å². The van der Waals surface area contributed by atoms with Crippen LogP contribution in [0.2, 0.25) is 5.02 Å². The standard InChI is InChI=1S/C31H26BrClN4O2/c1-2-28(36(20-21-8-4-3-5-9-21)31(39)34-24-16-14-23(33)15-17-24)29-35-27-11-7-6-10-26(27)30(38)37(29)25-18-12-22(32)13-19-25/h3-19,28H,2,20H2,1H3,(H,34,39). The summed E-state index contributed by atoms with van der Waals surface area (Å²) in [5.41, 5.74) is 2.65. The van der Waals surface area contributed by atoms with E-state index in [1.54, 1.807) is 39.8 Å². The van der Waals surface area contributed by atoms with Gasteiger partial charge in [-0.15, -0.1) is 0 Å². The minimum absolute atomic E-state index is 0.186. The topological polar surface area (TPSA) is 67.2 Å². The third-order valence-electron chi connectivity index (χ3n) is 6.50. The summed E-state index contributed by atoms with van der Waals surface area (Å²) >= 11 is 9.53. The summed E-state index contributed by atoms with van der Waals surface area (Å²) in [6.07, 6.45) is 0.530.